The van der Waals surface area contributed by atoms with Gasteiger partial charge in [0.2, 0.25) is 0 Å². The normalized spacial score (nSPS) is 12.3. The van der Waals surface area contributed by atoms with Gasteiger partial charge in [0.25, 0.3) is 5.91 Å². The first-order valence-electron chi connectivity index (χ1n) is 12.7. The van der Waals surface area contributed by atoms with Crippen molar-refractivity contribution in [2.75, 3.05) is 24.7 Å². The van der Waals surface area contributed by atoms with Gasteiger partial charge in [-0.05, 0) is 85.2 Å². The molecule has 5 rings (SSSR count). The zero-order valence-electron chi connectivity index (χ0n) is 20.7. The van der Waals surface area contributed by atoms with E-state index in [0.29, 0.717) is 23.9 Å². The van der Waals surface area contributed by atoms with Crippen LogP contribution in [0.15, 0.2) is 91.0 Å². The van der Waals surface area contributed by atoms with E-state index >= 15 is 0 Å². The number of amides is 1. The van der Waals surface area contributed by atoms with Gasteiger partial charge < -0.3 is 14.4 Å². The molecule has 37 heavy (non-hydrogen) atoms. The van der Waals surface area contributed by atoms with Crippen molar-refractivity contribution >= 4 is 39.7 Å². The molecule has 0 saturated heterocycles. The van der Waals surface area contributed by atoms with E-state index in [-0.39, 0.29) is 5.91 Å². The number of hydrogen-bond donors (Lipinski definition) is 1. The molecule has 0 unspecified atom stereocenters. The molecule has 0 fully saturated rings. The Morgan fingerprint density at radius 1 is 0.838 bits per heavy atom. The highest BCUT2D eigenvalue weighted by Crippen LogP contribution is 2.31. The minimum Gasteiger partial charge on any atom is -0.494 e. The third kappa shape index (κ3) is 6.09. The third-order valence-electron chi connectivity index (χ3n) is 6.51. The summed E-state index contributed by atoms with van der Waals surface area (Å²) in [4.78, 5) is 14.4. The summed E-state index contributed by atoms with van der Waals surface area (Å²) in [6.45, 7) is 2.11. The standard InChI is InChI=1S/C31H30N2O3S/c34-30(24-11-3-1-4-12-24)32-31(37)33-19-18-25-22-26(16-17-28(25)33)35-20-7-2-8-21-36-29-15-9-13-23-10-5-6-14-27(23)29/h1,3-6,9-17,22H,2,7-8,18-21H2,(H,32,34,37). The molecule has 0 atom stereocenters. The minimum atomic E-state index is -0.193. The van der Waals surface area contributed by atoms with E-state index in [1.165, 1.54) is 10.9 Å². The van der Waals surface area contributed by atoms with Crippen LogP contribution in [0.1, 0.15) is 35.2 Å². The summed E-state index contributed by atoms with van der Waals surface area (Å²) in [5.41, 5.74) is 2.79. The number of hydrogen-bond acceptors (Lipinski definition) is 4. The van der Waals surface area contributed by atoms with Gasteiger partial charge in [-0.2, -0.15) is 0 Å². The summed E-state index contributed by atoms with van der Waals surface area (Å²) in [7, 11) is 0. The molecule has 1 heterocycles. The van der Waals surface area contributed by atoms with Crippen LogP contribution in [0.5, 0.6) is 11.5 Å². The molecule has 5 nitrogen and oxygen atoms in total. The van der Waals surface area contributed by atoms with Crippen molar-refractivity contribution in [1.82, 2.24) is 5.32 Å². The average Bonchev–Trinajstić information content (AvgIpc) is 3.36. The van der Waals surface area contributed by atoms with Crippen LogP contribution in [0, 0.1) is 0 Å². The molecule has 0 saturated carbocycles. The molecule has 0 radical (unpaired) electrons. The molecule has 6 heteroatoms. The summed E-state index contributed by atoms with van der Waals surface area (Å²) in [6, 6.07) is 29.7. The number of ether oxygens (including phenoxy) is 2. The predicted octanol–water partition coefficient (Wildman–Crippen LogP) is 6.55. The molecular formula is C31H30N2O3S. The predicted molar refractivity (Wildman–Crippen MR) is 153 cm³/mol. The van der Waals surface area contributed by atoms with Gasteiger partial charge in [-0.3, -0.25) is 10.1 Å². The van der Waals surface area contributed by atoms with E-state index < -0.39 is 0 Å². The molecule has 1 aliphatic heterocycles. The van der Waals surface area contributed by atoms with Crippen molar-refractivity contribution in [2.24, 2.45) is 0 Å². The van der Waals surface area contributed by atoms with E-state index in [1.54, 1.807) is 12.1 Å². The Hall–Kier alpha value is -3.90. The van der Waals surface area contributed by atoms with Crippen molar-refractivity contribution in [2.45, 2.75) is 25.7 Å². The second-order valence-electron chi connectivity index (χ2n) is 9.05. The van der Waals surface area contributed by atoms with Crippen LogP contribution in [0.4, 0.5) is 5.69 Å². The number of carbonyl (C=O) groups is 1. The fraction of sp³-hybridized carbons (Fsp3) is 0.226. The monoisotopic (exact) mass is 510 g/mol. The minimum absolute atomic E-state index is 0.193. The van der Waals surface area contributed by atoms with E-state index in [4.69, 9.17) is 21.7 Å². The molecule has 4 aromatic rings. The van der Waals surface area contributed by atoms with Gasteiger partial charge in [0, 0.05) is 23.2 Å². The van der Waals surface area contributed by atoms with Gasteiger partial charge in [0.05, 0.1) is 13.2 Å². The lowest BCUT2D eigenvalue weighted by Gasteiger charge is -2.21. The van der Waals surface area contributed by atoms with Crippen molar-refractivity contribution < 1.29 is 14.3 Å². The number of nitrogens with zero attached hydrogens (tertiary/aromatic N) is 1. The Labute approximate surface area is 223 Å². The number of fused-ring (bicyclic) bond motifs is 2. The number of rotatable bonds is 9. The molecule has 1 N–H and O–H groups in total. The fourth-order valence-electron chi connectivity index (χ4n) is 4.58. The topological polar surface area (TPSA) is 50.8 Å². The lowest BCUT2D eigenvalue weighted by atomic mass is 10.1. The summed E-state index contributed by atoms with van der Waals surface area (Å²) in [5.74, 6) is 1.62. The summed E-state index contributed by atoms with van der Waals surface area (Å²) >= 11 is 5.53. The summed E-state index contributed by atoms with van der Waals surface area (Å²) in [6.07, 6.45) is 3.86. The van der Waals surface area contributed by atoms with Gasteiger partial charge in [0.15, 0.2) is 5.11 Å². The first-order chi connectivity index (χ1) is 18.2. The largest absolute Gasteiger partial charge is 0.494 e. The Morgan fingerprint density at radius 2 is 1.59 bits per heavy atom. The van der Waals surface area contributed by atoms with E-state index in [0.717, 1.165) is 54.8 Å². The summed E-state index contributed by atoms with van der Waals surface area (Å²) in [5, 5.41) is 5.63. The molecule has 188 valence electrons. The number of benzene rings is 4. The van der Waals surface area contributed by atoms with E-state index in [1.807, 2.05) is 59.5 Å². The first kappa shape index (κ1) is 24.8. The van der Waals surface area contributed by atoms with Gasteiger partial charge in [0.1, 0.15) is 11.5 Å². The first-order valence-corrected chi connectivity index (χ1v) is 13.1. The fourth-order valence-corrected chi connectivity index (χ4v) is 4.86. The van der Waals surface area contributed by atoms with Crippen LogP contribution in [0.25, 0.3) is 10.8 Å². The van der Waals surface area contributed by atoms with Crippen LogP contribution in [0.2, 0.25) is 0 Å². The molecule has 1 amide bonds. The highest BCUT2D eigenvalue weighted by atomic mass is 32.1. The SMILES string of the molecule is O=C(NC(=S)N1CCc2cc(OCCCCCOc3cccc4ccccc34)ccc21)c1ccccc1. The third-order valence-corrected chi connectivity index (χ3v) is 6.84. The lowest BCUT2D eigenvalue weighted by Crippen LogP contribution is -2.41. The smallest absolute Gasteiger partial charge is 0.257 e. The highest BCUT2D eigenvalue weighted by Gasteiger charge is 2.24. The second-order valence-corrected chi connectivity index (χ2v) is 9.44. The van der Waals surface area contributed by atoms with Gasteiger partial charge in [-0.1, -0.05) is 54.6 Å². The maximum absolute atomic E-state index is 12.5. The highest BCUT2D eigenvalue weighted by molar-refractivity contribution is 7.80. The van der Waals surface area contributed by atoms with Crippen molar-refractivity contribution in [3.63, 3.8) is 0 Å². The maximum atomic E-state index is 12.5. The quantitative estimate of drug-likeness (QED) is 0.205. The van der Waals surface area contributed by atoms with Crippen LogP contribution >= 0.6 is 12.2 Å². The molecule has 4 aromatic carbocycles. The maximum Gasteiger partial charge on any atom is 0.257 e. The van der Waals surface area contributed by atoms with Gasteiger partial charge >= 0.3 is 0 Å². The van der Waals surface area contributed by atoms with Crippen molar-refractivity contribution in [1.29, 1.82) is 0 Å². The molecular weight excluding hydrogens is 480 g/mol. The second kappa shape index (κ2) is 11.9. The van der Waals surface area contributed by atoms with Crippen LogP contribution in [-0.4, -0.2) is 30.8 Å². The Balaban J connectivity index is 1.04. The van der Waals surface area contributed by atoms with E-state index in [2.05, 4.69) is 29.6 Å². The molecule has 0 aromatic heterocycles. The molecule has 0 aliphatic carbocycles. The lowest BCUT2D eigenvalue weighted by molar-refractivity contribution is 0.0977. The number of thiocarbonyl (C=S) groups is 1. The van der Waals surface area contributed by atoms with Crippen LogP contribution in [0.3, 0.4) is 0 Å². The van der Waals surface area contributed by atoms with Gasteiger partial charge in [-0.15, -0.1) is 0 Å². The Morgan fingerprint density at radius 3 is 2.46 bits per heavy atom. The number of nitrogens with one attached hydrogen (secondary N) is 1. The van der Waals surface area contributed by atoms with Crippen LogP contribution in [-0.2, 0) is 6.42 Å². The summed E-state index contributed by atoms with van der Waals surface area (Å²) < 4.78 is 12.0. The zero-order chi connectivity index (χ0) is 25.5. The van der Waals surface area contributed by atoms with E-state index in [9.17, 15) is 4.79 Å². The Bertz CT molecular complexity index is 1380. The number of unbranched alkanes of at least 4 members (excludes halogenated alkanes) is 2. The van der Waals surface area contributed by atoms with Crippen LogP contribution < -0.4 is 19.7 Å². The number of anilines is 1. The Kier molecular flexibility index (Phi) is 7.96. The van der Waals surface area contributed by atoms with Crippen molar-refractivity contribution in [3.05, 3.63) is 102 Å². The molecule has 1 aliphatic rings. The van der Waals surface area contributed by atoms with Gasteiger partial charge in [-0.25, -0.2) is 0 Å². The zero-order valence-corrected chi connectivity index (χ0v) is 21.5. The van der Waals surface area contributed by atoms with Crippen molar-refractivity contribution in [3.8, 4) is 11.5 Å². The number of carbonyl (C=O) groups excluding carboxylic acids is 1. The molecule has 0 spiro atoms. The molecule has 0 bridgehead atoms. The average molecular weight is 511 g/mol.